The summed E-state index contributed by atoms with van der Waals surface area (Å²) in [4.78, 5) is 14.4. The predicted octanol–water partition coefficient (Wildman–Crippen LogP) is 3.56. The minimum Gasteiger partial charge on any atom is -0.357 e. The Morgan fingerprint density at radius 3 is 2.87 bits per heavy atom. The summed E-state index contributed by atoms with van der Waals surface area (Å²) in [6.45, 7) is 0.959. The first-order valence-electron chi connectivity index (χ1n) is 7.91. The average molecular weight is 303 g/mol. The molecule has 1 aromatic carbocycles. The molecule has 4 rings (SSSR count). The first-order valence-corrected chi connectivity index (χ1v) is 7.91. The van der Waals surface area contributed by atoms with Crippen LogP contribution in [0, 0.1) is 11.3 Å². The van der Waals surface area contributed by atoms with Gasteiger partial charge >= 0.3 is 0 Å². The van der Waals surface area contributed by atoms with Crippen LogP contribution in [0.25, 0.3) is 10.9 Å². The van der Waals surface area contributed by atoms with Crippen molar-refractivity contribution in [1.29, 1.82) is 5.26 Å². The van der Waals surface area contributed by atoms with Gasteiger partial charge < -0.3 is 9.88 Å². The van der Waals surface area contributed by atoms with Gasteiger partial charge in [-0.3, -0.25) is 0 Å². The monoisotopic (exact) mass is 303 g/mol. The molecule has 1 N–H and O–H groups in total. The molecule has 0 spiro atoms. The Bertz CT molecular complexity index is 826. The third kappa shape index (κ3) is 2.53. The number of piperidine rings is 1. The van der Waals surface area contributed by atoms with Gasteiger partial charge in [-0.15, -0.1) is 0 Å². The topological polar surface area (TPSA) is 68.6 Å². The highest BCUT2D eigenvalue weighted by atomic mass is 15.2. The van der Waals surface area contributed by atoms with Gasteiger partial charge in [-0.2, -0.15) is 5.26 Å². The van der Waals surface area contributed by atoms with Crippen LogP contribution in [0.5, 0.6) is 0 Å². The lowest BCUT2D eigenvalue weighted by molar-refractivity contribution is 0.463. The first kappa shape index (κ1) is 13.8. The number of hydrogen-bond donors (Lipinski definition) is 1. The van der Waals surface area contributed by atoms with Crippen LogP contribution in [0.4, 0.5) is 5.82 Å². The van der Waals surface area contributed by atoms with Crippen molar-refractivity contribution in [2.45, 2.75) is 25.3 Å². The highest BCUT2D eigenvalue weighted by Gasteiger charge is 2.26. The third-order valence-corrected chi connectivity index (χ3v) is 4.46. The van der Waals surface area contributed by atoms with Crippen molar-refractivity contribution < 1.29 is 0 Å². The smallest absolute Gasteiger partial charge is 0.158 e. The van der Waals surface area contributed by atoms with E-state index in [1.165, 1.54) is 23.0 Å². The summed E-state index contributed by atoms with van der Waals surface area (Å²) in [6, 6.07) is 12.9. The van der Waals surface area contributed by atoms with Crippen LogP contribution < -0.4 is 4.90 Å². The Morgan fingerprint density at radius 1 is 1.17 bits per heavy atom. The maximum Gasteiger partial charge on any atom is 0.158 e. The molecule has 1 atom stereocenters. The number of hydrogen-bond acceptors (Lipinski definition) is 4. The molecule has 0 saturated carbocycles. The normalized spacial score (nSPS) is 18.0. The molecule has 0 aliphatic carbocycles. The molecule has 23 heavy (non-hydrogen) atoms. The molecule has 1 aliphatic heterocycles. The fourth-order valence-electron chi connectivity index (χ4n) is 3.33. The summed E-state index contributed by atoms with van der Waals surface area (Å²) in [7, 11) is 0. The quantitative estimate of drug-likeness (QED) is 0.786. The second-order valence-corrected chi connectivity index (χ2v) is 5.89. The molecule has 1 fully saturated rings. The van der Waals surface area contributed by atoms with Crippen molar-refractivity contribution in [2.24, 2.45) is 0 Å². The number of nitriles is 1. The van der Waals surface area contributed by atoms with Crippen molar-refractivity contribution in [1.82, 2.24) is 15.0 Å². The molecule has 2 aromatic heterocycles. The second kappa shape index (κ2) is 5.73. The van der Waals surface area contributed by atoms with Crippen molar-refractivity contribution >= 4 is 16.7 Å². The van der Waals surface area contributed by atoms with E-state index in [1.54, 1.807) is 12.4 Å². The van der Waals surface area contributed by atoms with E-state index in [-0.39, 0.29) is 6.04 Å². The predicted molar refractivity (Wildman–Crippen MR) is 89.0 cm³/mol. The molecule has 3 heterocycles. The standard InChI is InChI=1S/C18H17N5/c19-10-14-11-21-18(12-20-14)23-8-4-3-7-17(23)16-9-13-5-1-2-6-15(13)22-16/h1-2,5-6,9,11-12,17,22H,3-4,7-8H2. The molecular formula is C18H17N5. The fourth-order valence-corrected chi connectivity index (χ4v) is 3.33. The number of nitrogens with zero attached hydrogens (tertiary/aromatic N) is 4. The minimum absolute atomic E-state index is 0.276. The molecule has 1 aliphatic rings. The molecule has 0 amide bonds. The number of fused-ring (bicyclic) bond motifs is 1. The number of rotatable bonds is 2. The second-order valence-electron chi connectivity index (χ2n) is 5.89. The van der Waals surface area contributed by atoms with E-state index in [0.29, 0.717) is 5.69 Å². The van der Waals surface area contributed by atoms with Gasteiger partial charge in [0.2, 0.25) is 0 Å². The lowest BCUT2D eigenvalue weighted by atomic mass is 9.99. The summed E-state index contributed by atoms with van der Waals surface area (Å²) < 4.78 is 0. The van der Waals surface area contributed by atoms with E-state index in [2.05, 4.69) is 44.1 Å². The van der Waals surface area contributed by atoms with Crippen LogP contribution in [0.1, 0.15) is 36.7 Å². The van der Waals surface area contributed by atoms with E-state index in [4.69, 9.17) is 5.26 Å². The largest absolute Gasteiger partial charge is 0.357 e. The molecule has 0 radical (unpaired) electrons. The molecule has 114 valence electrons. The van der Waals surface area contributed by atoms with Crippen molar-refractivity contribution in [3.05, 3.63) is 54.1 Å². The van der Waals surface area contributed by atoms with Gasteiger partial charge in [-0.05, 0) is 36.8 Å². The summed E-state index contributed by atoms with van der Waals surface area (Å²) in [5.41, 5.74) is 2.74. The number of anilines is 1. The molecule has 3 aromatic rings. The summed E-state index contributed by atoms with van der Waals surface area (Å²) >= 11 is 0. The number of nitrogens with one attached hydrogen (secondary N) is 1. The van der Waals surface area contributed by atoms with Crippen LogP contribution in [0.3, 0.4) is 0 Å². The van der Waals surface area contributed by atoms with Crippen molar-refractivity contribution in [3.63, 3.8) is 0 Å². The van der Waals surface area contributed by atoms with Gasteiger partial charge in [-0.1, -0.05) is 18.2 Å². The molecule has 0 bridgehead atoms. The van der Waals surface area contributed by atoms with Crippen LogP contribution in [0.15, 0.2) is 42.7 Å². The summed E-state index contributed by atoms with van der Waals surface area (Å²) in [5, 5.41) is 10.1. The zero-order valence-corrected chi connectivity index (χ0v) is 12.7. The van der Waals surface area contributed by atoms with Crippen LogP contribution >= 0.6 is 0 Å². The Labute approximate surface area is 134 Å². The van der Waals surface area contributed by atoms with E-state index in [9.17, 15) is 0 Å². The molecular weight excluding hydrogens is 286 g/mol. The SMILES string of the molecule is N#Cc1cnc(N2CCCCC2c2cc3ccccc3[nH]2)cn1. The van der Waals surface area contributed by atoms with Crippen LogP contribution in [-0.4, -0.2) is 21.5 Å². The number of aromatic nitrogens is 3. The van der Waals surface area contributed by atoms with Crippen molar-refractivity contribution in [3.8, 4) is 6.07 Å². The number of aromatic amines is 1. The Balaban J connectivity index is 1.70. The zero-order valence-electron chi connectivity index (χ0n) is 12.7. The van der Waals surface area contributed by atoms with E-state index < -0.39 is 0 Å². The van der Waals surface area contributed by atoms with Gasteiger partial charge in [0.1, 0.15) is 11.9 Å². The van der Waals surface area contributed by atoms with Gasteiger partial charge in [0.05, 0.1) is 18.4 Å². The van der Waals surface area contributed by atoms with Gasteiger partial charge in [0, 0.05) is 17.8 Å². The van der Waals surface area contributed by atoms with E-state index in [1.807, 2.05) is 12.1 Å². The lowest BCUT2D eigenvalue weighted by Crippen LogP contribution is -2.34. The summed E-state index contributed by atoms with van der Waals surface area (Å²) in [5.74, 6) is 0.840. The highest BCUT2D eigenvalue weighted by Crippen LogP contribution is 2.34. The van der Waals surface area contributed by atoms with E-state index in [0.717, 1.165) is 25.2 Å². The fraction of sp³-hybridized carbons (Fsp3) is 0.278. The Morgan fingerprint density at radius 2 is 2.09 bits per heavy atom. The van der Waals surface area contributed by atoms with Crippen LogP contribution in [-0.2, 0) is 0 Å². The number of benzene rings is 1. The lowest BCUT2D eigenvalue weighted by Gasteiger charge is -2.36. The Kier molecular flexibility index (Phi) is 3.43. The maximum atomic E-state index is 8.88. The van der Waals surface area contributed by atoms with Gasteiger partial charge in [-0.25, -0.2) is 9.97 Å². The van der Waals surface area contributed by atoms with Gasteiger partial charge in [0.25, 0.3) is 0 Å². The number of para-hydroxylation sites is 1. The van der Waals surface area contributed by atoms with E-state index >= 15 is 0 Å². The van der Waals surface area contributed by atoms with Gasteiger partial charge in [0.15, 0.2) is 5.69 Å². The molecule has 1 saturated heterocycles. The Hall–Kier alpha value is -2.87. The molecule has 5 heteroatoms. The minimum atomic E-state index is 0.276. The first-order chi connectivity index (χ1) is 11.3. The highest BCUT2D eigenvalue weighted by molar-refractivity contribution is 5.80. The summed E-state index contributed by atoms with van der Waals surface area (Å²) in [6.07, 6.45) is 6.71. The van der Waals surface area contributed by atoms with Crippen molar-refractivity contribution in [2.75, 3.05) is 11.4 Å². The van der Waals surface area contributed by atoms with Crippen LogP contribution in [0.2, 0.25) is 0 Å². The zero-order chi connectivity index (χ0) is 15.6. The molecule has 5 nitrogen and oxygen atoms in total. The molecule has 1 unspecified atom stereocenters. The average Bonchev–Trinajstić information content (AvgIpc) is 3.06. The maximum absolute atomic E-state index is 8.88. The third-order valence-electron chi connectivity index (χ3n) is 4.46. The number of H-pyrrole nitrogens is 1.